The smallest absolute Gasteiger partial charge is 0.243 e. The van der Waals surface area contributed by atoms with Gasteiger partial charge in [-0.3, -0.25) is 4.79 Å². The molecule has 2 saturated heterocycles. The van der Waals surface area contributed by atoms with Crippen LogP contribution in [-0.2, 0) is 9.53 Å². The Balaban J connectivity index is 1.60. The van der Waals surface area contributed by atoms with Crippen LogP contribution in [0.4, 0.5) is 11.6 Å². The first-order chi connectivity index (χ1) is 20.2. The number of aromatic nitrogens is 2. The zero-order chi connectivity index (χ0) is 30.0. The minimum atomic E-state index is -0.391. The number of halogens is 2. The van der Waals surface area contributed by atoms with E-state index in [2.05, 4.69) is 33.2 Å². The van der Waals surface area contributed by atoms with Crippen molar-refractivity contribution in [1.29, 1.82) is 5.26 Å². The number of piperidine rings is 1. The monoisotopic (exact) mass is 610 g/mol. The summed E-state index contributed by atoms with van der Waals surface area (Å²) in [4.78, 5) is 23.9. The maximum absolute atomic E-state index is 11.9. The molecule has 2 N–H and O–H groups in total. The van der Waals surface area contributed by atoms with Crippen molar-refractivity contribution < 1.29 is 19.0 Å². The van der Waals surface area contributed by atoms with Crippen LogP contribution in [0.3, 0.4) is 0 Å². The first-order valence-electron chi connectivity index (χ1n) is 13.5. The van der Waals surface area contributed by atoms with Gasteiger partial charge in [0.15, 0.2) is 0 Å². The van der Waals surface area contributed by atoms with Crippen molar-refractivity contribution in [2.24, 2.45) is 5.41 Å². The Morgan fingerprint density at radius 1 is 1.17 bits per heavy atom. The molecular weight excluding hydrogens is 579 g/mol. The van der Waals surface area contributed by atoms with Crippen molar-refractivity contribution in [2.75, 3.05) is 50.7 Å². The number of carbonyl (C=O) groups is 1. The summed E-state index contributed by atoms with van der Waals surface area (Å²) in [5.41, 5.74) is 0.637. The maximum atomic E-state index is 11.9. The molecule has 1 amide bonds. The van der Waals surface area contributed by atoms with Crippen LogP contribution in [0.15, 0.2) is 37.1 Å². The van der Waals surface area contributed by atoms with Gasteiger partial charge in [-0.2, -0.15) is 5.26 Å². The van der Waals surface area contributed by atoms with Crippen molar-refractivity contribution in [3.8, 4) is 28.8 Å². The van der Waals surface area contributed by atoms with Crippen molar-refractivity contribution in [2.45, 2.75) is 31.8 Å². The summed E-state index contributed by atoms with van der Waals surface area (Å²) in [6, 6.07) is 7.52. The number of methoxy groups -OCH3 is 2. The lowest BCUT2D eigenvalue weighted by atomic mass is 9.82. The molecular formula is C30H32Cl2N6O4. The Hall–Kier alpha value is -3.78. The minimum absolute atomic E-state index is 0.178. The normalized spacial score (nSPS) is 19.7. The van der Waals surface area contributed by atoms with E-state index in [0.717, 1.165) is 16.6 Å². The van der Waals surface area contributed by atoms with Gasteiger partial charge in [-0.05, 0) is 38.0 Å². The maximum Gasteiger partial charge on any atom is 0.243 e. The lowest BCUT2D eigenvalue weighted by Gasteiger charge is -2.36. The summed E-state index contributed by atoms with van der Waals surface area (Å²) < 4.78 is 16.6. The molecule has 0 bridgehead atoms. The predicted molar refractivity (Wildman–Crippen MR) is 164 cm³/mol. The van der Waals surface area contributed by atoms with Gasteiger partial charge in [-0.15, -0.1) is 0 Å². The number of nitriles is 1. The second kappa shape index (κ2) is 12.2. The van der Waals surface area contributed by atoms with Gasteiger partial charge in [0, 0.05) is 41.7 Å². The Bertz CT molecular complexity index is 1540. The van der Waals surface area contributed by atoms with Gasteiger partial charge in [0.2, 0.25) is 5.91 Å². The van der Waals surface area contributed by atoms with Crippen LogP contribution in [0.25, 0.3) is 22.0 Å². The summed E-state index contributed by atoms with van der Waals surface area (Å²) in [5, 5.41) is 18.3. The molecule has 2 fully saturated rings. The number of pyridine rings is 2. The number of rotatable bonds is 8. The highest BCUT2D eigenvalue weighted by Gasteiger charge is 2.33. The Morgan fingerprint density at radius 3 is 2.45 bits per heavy atom. The van der Waals surface area contributed by atoms with Crippen molar-refractivity contribution in [3.05, 3.63) is 47.1 Å². The molecule has 5 rings (SSSR count). The lowest BCUT2D eigenvalue weighted by molar-refractivity contribution is -0.117. The highest BCUT2D eigenvalue weighted by molar-refractivity contribution is 6.41. The van der Waals surface area contributed by atoms with Crippen LogP contribution < -0.4 is 25.0 Å². The van der Waals surface area contributed by atoms with Crippen LogP contribution in [0.5, 0.6) is 11.5 Å². The van der Waals surface area contributed by atoms with E-state index in [9.17, 15) is 10.1 Å². The van der Waals surface area contributed by atoms with Crippen LogP contribution in [0.1, 0.15) is 19.8 Å². The number of nitrogens with zero attached hydrogens (tertiary/aromatic N) is 4. The van der Waals surface area contributed by atoms with Gasteiger partial charge in [0.25, 0.3) is 0 Å². The van der Waals surface area contributed by atoms with Gasteiger partial charge in [-0.25, -0.2) is 9.97 Å². The Labute approximate surface area is 254 Å². The van der Waals surface area contributed by atoms with E-state index in [4.69, 9.17) is 42.4 Å². The predicted octanol–water partition coefficient (Wildman–Crippen LogP) is 5.23. The van der Waals surface area contributed by atoms with Crippen molar-refractivity contribution in [1.82, 2.24) is 15.3 Å². The SMILES string of the molecule is C=CC(=O)N[C@H]1COC[C@H]1Nc1cc2c(N3CCC(C)(C#N)CC3)nc(-c3c(Cl)c(OC)cc(OC)c3Cl)cc2cn1. The number of hydrogen-bond acceptors (Lipinski definition) is 9. The van der Waals surface area contributed by atoms with Crippen LogP contribution in [0, 0.1) is 16.7 Å². The van der Waals surface area contributed by atoms with E-state index in [0.29, 0.717) is 77.8 Å². The topological polar surface area (TPSA) is 122 Å². The fraction of sp³-hybridized carbons (Fsp3) is 0.400. The summed E-state index contributed by atoms with van der Waals surface area (Å²) in [6.45, 7) is 7.62. The van der Waals surface area contributed by atoms with Crippen molar-refractivity contribution in [3.63, 3.8) is 0 Å². The quantitative estimate of drug-likeness (QED) is 0.330. The molecule has 1 aromatic carbocycles. The Kier molecular flexibility index (Phi) is 8.64. The Morgan fingerprint density at radius 2 is 1.83 bits per heavy atom. The largest absolute Gasteiger partial charge is 0.495 e. The van der Waals surface area contributed by atoms with Crippen molar-refractivity contribution >= 4 is 51.5 Å². The number of nitrogens with one attached hydrogen (secondary N) is 2. The molecule has 0 spiro atoms. The van der Waals surface area contributed by atoms with Gasteiger partial charge in [0.1, 0.15) is 23.1 Å². The molecule has 2 atom stereocenters. The average Bonchev–Trinajstić information content (AvgIpc) is 3.43. The fourth-order valence-electron chi connectivity index (χ4n) is 5.28. The fourth-order valence-corrected chi connectivity index (χ4v) is 5.98. The number of anilines is 2. The van der Waals surface area contributed by atoms with Crippen LogP contribution in [0.2, 0.25) is 10.0 Å². The molecule has 4 heterocycles. The molecule has 3 aromatic rings. The first-order valence-corrected chi connectivity index (χ1v) is 14.3. The molecule has 220 valence electrons. The average molecular weight is 612 g/mol. The van der Waals surface area contributed by atoms with E-state index in [1.807, 2.05) is 19.1 Å². The van der Waals surface area contributed by atoms with Gasteiger partial charge in [-0.1, -0.05) is 29.8 Å². The molecule has 2 aromatic heterocycles. The molecule has 0 aliphatic carbocycles. The standard InChI is InChI=1S/C30H32Cl2N6O4/c1-5-25(39)36-21-15-42-14-20(21)35-24-11-18-17(13-34-24)10-19(26-27(31)22(40-3)12-23(41-4)28(26)32)37-29(18)38-8-6-30(2,16-33)7-9-38/h5,10-13,20-21H,1,6-9,14-15H2,2-4H3,(H,34,35)(H,36,39)/t20-,21+/m1/s1. The molecule has 2 aliphatic rings. The van der Waals surface area contributed by atoms with Crippen LogP contribution in [-0.4, -0.2) is 68.5 Å². The summed E-state index contributed by atoms with van der Waals surface area (Å²) >= 11 is 13.6. The summed E-state index contributed by atoms with van der Waals surface area (Å²) in [6.07, 6.45) is 4.41. The number of benzene rings is 1. The second-order valence-electron chi connectivity index (χ2n) is 10.7. The molecule has 12 heteroatoms. The number of carbonyl (C=O) groups excluding carboxylic acids is 1. The number of amides is 1. The summed E-state index contributed by atoms with van der Waals surface area (Å²) in [7, 11) is 3.05. The van der Waals surface area contributed by atoms with E-state index >= 15 is 0 Å². The molecule has 2 aliphatic heterocycles. The van der Waals surface area contributed by atoms with E-state index in [-0.39, 0.29) is 18.0 Å². The minimum Gasteiger partial charge on any atom is -0.495 e. The van der Waals surface area contributed by atoms with Crippen LogP contribution >= 0.6 is 23.2 Å². The summed E-state index contributed by atoms with van der Waals surface area (Å²) in [5.74, 6) is 1.90. The molecule has 0 saturated carbocycles. The highest BCUT2D eigenvalue weighted by Crippen LogP contribution is 2.47. The van der Waals surface area contributed by atoms with E-state index in [1.165, 1.54) is 20.3 Å². The molecule has 0 radical (unpaired) electrons. The zero-order valence-electron chi connectivity index (χ0n) is 23.7. The third-order valence-corrected chi connectivity index (χ3v) is 8.64. The van der Waals surface area contributed by atoms with E-state index in [1.54, 1.807) is 12.3 Å². The number of ether oxygens (including phenoxy) is 3. The first kappa shape index (κ1) is 29.7. The molecule has 10 nitrogen and oxygen atoms in total. The molecule has 42 heavy (non-hydrogen) atoms. The zero-order valence-corrected chi connectivity index (χ0v) is 25.2. The third-order valence-electron chi connectivity index (χ3n) is 7.89. The molecule has 0 unspecified atom stereocenters. The third kappa shape index (κ3) is 5.77. The van der Waals surface area contributed by atoms with Gasteiger partial charge in [0.05, 0.1) is 66.7 Å². The van der Waals surface area contributed by atoms with E-state index < -0.39 is 5.41 Å². The second-order valence-corrected chi connectivity index (χ2v) is 11.4. The number of fused-ring (bicyclic) bond motifs is 1. The lowest BCUT2D eigenvalue weighted by Crippen LogP contribution is -2.45. The highest BCUT2D eigenvalue weighted by atomic mass is 35.5. The van der Waals surface area contributed by atoms with Gasteiger partial charge >= 0.3 is 0 Å². The number of hydrogen-bond donors (Lipinski definition) is 2. The van der Waals surface area contributed by atoms with Gasteiger partial charge < -0.3 is 29.7 Å².